The third-order valence-corrected chi connectivity index (χ3v) is 4.57. The van der Waals surface area contributed by atoms with Gasteiger partial charge in [0, 0.05) is 30.9 Å². The summed E-state index contributed by atoms with van der Waals surface area (Å²) in [7, 11) is 3.38. The van der Waals surface area contributed by atoms with Gasteiger partial charge in [-0.15, -0.1) is 11.3 Å². The van der Waals surface area contributed by atoms with E-state index in [1.54, 1.807) is 44.6 Å². The lowest BCUT2D eigenvalue weighted by Crippen LogP contribution is -2.21. The Morgan fingerprint density at radius 1 is 1.04 bits per heavy atom. The van der Waals surface area contributed by atoms with Crippen molar-refractivity contribution in [3.05, 3.63) is 71.2 Å². The molecule has 0 unspecified atom stereocenters. The van der Waals surface area contributed by atoms with Crippen LogP contribution in [0.5, 0.6) is 0 Å². The van der Waals surface area contributed by atoms with Crippen LogP contribution in [0.2, 0.25) is 0 Å². The molecule has 3 aromatic rings. The number of hydrogen-bond acceptors (Lipinski definition) is 4. The first-order chi connectivity index (χ1) is 12.0. The number of carbonyl (C=O) groups is 2. The number of anilines is 1. The van der Waals surface area contributed by atoms with Crippen LogP contribution in [0.25, 0.3) is 10.6 Å². The number of carbonyl (C=O) groups excluding carboxylic acids is 2. The lowest BCUT2D eigenvalue weighted by atomic mass is 10.2. The highest BCUT2D eigenvalue weighted by Gasteiger charge is 2.13. The Labute approximate surface area is 149 Å². The molecule has 6 heteroatoms. The van der Waals surface area contributed by atoms with E-state index in [1.165, 1.54) is 16.2 Å². The van der Waals surface area contributed by atoms with Gasteiger partial charge in [-0.05, 0) is 18.2 Å². The quantitative estimate of drug-likeness (QED) is 0.778. The predicted molar refractivity (Wildman–Crippen MR) is 100.0 cm³/mol. The van der Waals surface area contributed by atoms with E-state index in [1.807, 2.05) is 30.3 Å². The van der Waals surface area contributed by atoms with E-state index in [0.717, 1.165) is 10.6 Å². The summed E-state index contributed by atoms with van der Waals surface area (Å²) < 4.78 is 0. The Bertz CT molecular complexity index is 904. The van der Waals surface area contributed by atoms with E-state index in [2.05, 4.69) is 10.3 Å². The Hall–Kier alpha value is -2.99. The van der Waals surface area contributed by atoms with Gasteiger partial charge in [-0.25, -0.2) is 4.98 Å². The fourth-order valence-corrected chi connectivity index (χ4v) is 3.09. The topological polar surface area (TPSA) is 62.3 Å². The number of hydrogen-bond donors (Lipinski definition) is 1. The fourth-order valence-electron chi connectivity index (χ4n) is 2.27. The van der Waals surface area contributed by atoms with Crippen molar-refractivity contribution in [2.75, 3.05) is 19.4 Å². The normalized spacial score (nSPS) is 10.3. The maximum atomic E-state index is 12.4. The molecular weight excluding hydrogens is 334 g/mol. The molecule has 0 aliphatic rings. The van der Waals surface area contributed by atoms with Gasteiger partial charge in [0.25, 0.3) is 11.8 Å². The average molecular weight is 351 g/mol. The van der Waals surface area contributed by atoms with Gasteiger partial charge < -0.3 is 10.2 Å². The summed E-state index contributed by atoms with van der Waals surface area (Å²) in [4.78, 5) is 30.8. The van der Waals surface area contributed by atoms with E-state index < -0.39 is 0 Å². The van der Waals surface area contributed by atoms with Crippen molar-refractivity contribution in [1.82, 2.24) is 9.88 Å². The molecule has 1 aromatic heterocycles. The molecule has 0 spiro atoms. The van der Waals surface area contributed by atoms with Crippen molar-refractivity contribution in [3.63, 3.8) is 0 Å². The summed E-state index contributed by atoms with van der Waals surface area (Å²) in [5, 5.41) is 3.61. The average Bonchev–Trinajstić information content (AvgIpc) is 3.12. The van der Waals surface area contributed by atoms with Gasteiger partial charge in [0.2, 0.25) is 0 Å². The molecule has 0 fully saturated rings. The first kappa shape index (κ1) is 16.9. The van der Waals surface area contributed by atoms with Crippen molar-refractivity contribution in [3.8, 4) is 10.6 Å². The molecule has 2 aromatic carbocycles. The number of amides is 2. The highest BCUT2D eigenvalue weighted by atomic mass is 32.1. The lowest BCUT2D eigenvalue weighted by Gasteiger charge is -2.11. The van der Waals surface area contributed by atoms with Gasteiger partial charge in [-0.1, -0.05) is 36.4 Å². The summed E-state index contributed by atoms with van der Waals surface area (Å²) in [6.45, 7) is 0. The van der Waals surface area contributed by atoms with Crippen molar-refractivity contribution in [1.29, 1.82) is 0 Å². The molecule has 0 radical (unpaired) electrons. The zero-order valence-electron chi connectivity index (χ0n) is 13.9. The van der Waals surface area contributed by atoms with E-state index in [-0.39, 0.29) is 11.8 Å². The molecule has 2 amide bonds. The third-order valence-electron chi connectivity index (χ3n) is 3.52. The second-order valence-electron chi connectivity index (χ2n) is 5.63. The minimum atomic E-state index is -0.242. The zero-order valence-corrected chi connectivity index (χ0v) is 14.7. The predicted octanol–water partition coefficient (Wildman–Crippen LogP) is 3.76. The Kier molecular flexibility index (Phi) is 4.90. The molecule has 0 atom stereocenters. The summed E-state index contributed by atoms with van der Waals surface area (Å²) >= 11 is 1.33. The standard InChI is InChI=1S/C19H17N3O2S/c1-22(2)19(24)14-9-6-10-15(11-14)21-17(23)16-12-20-18(25-16)13-7-4-3-5-8-13/h3-12H,1-2H3,(H,21,23). The molecule has 0 aliphatic carbocycles. The zero-order chi connectivity index (χ0) is 17.8. The molecule has 3 rings (SSSR count). The maximum Gasteiger partial charge on any atom is 0.267 e. The fraction of sp³-hybridized carbons (Fsp3) is 0.105. The number of benzene rings is 2. The number of aromatic nitrogens is 1. The minimum absolute atomic E-state index is 0.111. The van der Waals surface area contributed by atoms with Crippen molar-refractivity contribution >= 4 is 28.8 Å². The van der Waals surface area contributed by atoms with E-state index in [9.17, 15) is 9.59 Å². The molecule has 0 saturated heterocycles. The smallest absolute Gasteiger partial charge is 0.267 e. The van der Waals surface area contributed by atoms with E-state index in [4.69, 9.17) is 0 Å². The summed E-state index contributed by atoms with van der Waals surface area (Å²) in [6.07, 6.45) is 1.57. The van der Waals surface area contributed by atoms with Crippen LogP contribution >= 0.6 is 11.3 Å². The summed E-state index contributed by atoms with van der Waals surface area (Å²) in [5.74, 6) is -0.352. The van der Waals surface area contributed by atoms with Crippen LogP contribution in [0.4, 0.5) is 5.69 Å². The van der Waals surface area contributed by atoms with Crippen molar-refractivity contribution in [2.45, 2.75) is 0 Å². The van der Waals surface area contributed by atoms with Crippen molar-refractivity contribution in [2.24, 2.45) is 0 Å². The molecule has 1 N–H and O–H groups in total. The molecule has 0 aliphatic heterocycles. The van der Waals surface area contributed by atoms with Crippen LogP contribution in [-0.4, -0.2) is 35.8 Å². The molecule has 25 heavy (non-hydrogen) atoms. The monoisotopic (exact) mass is 351 g/mol. The maximum absolute atomic E-state index is 12.4. The van der Waals surface area contributed by atoms with Crippen LogP contribution in [0, 0.1) is 0 Å². The van der Waals surface area contributed by atoms with E-state index in [0.29, 0.717) is 16.1 Å². The highest BCUT2D eigenvalue weighted by Crippen LogP contribution is 2.25. The molecule has 5 nitrogen and oxygen atoms in total. The van der Waals surface area contributed by atoms with Gasteiger partial charge in [-0.2, -0.15) is 0 Å². The number of nitrogens with one attached hydrogen (secondary N) is 1. The van der Waals surface area contributed by atoms with Crippen LogP contribution in [-0.2, 0) is 0 Å². The number of thiazole rings is 1. The first-order valence-electron chi connectivity index (χ1n) is 7.69. The number of rotatable bonds is 4. The summed E-state index contributed by atoms with van der Waals surface area (Å²) in [6, 6.07) is 16.6. The van der Waals surface area contributed by atoms with Gasteiger partial charge in [0.1, 0.15) is 9.88 Å². The summed E-state index contributed by atoms with van der Waals surface area (Å²) in [5.41, 5.74) is 2.08. The van der Waals surface area contributed by atoms with E-state index >= 15 is 0 Å². The van der Waals surface area contributed by atoms with Gasteiger partial charge >= 0.3 is 0 Å². The minimum Gasteiger partial charge on any atom is -0.345 e. The Morgan fingerprint density at radius 3 is 2.52 bits per heavy atom. The molecule has 0 saturated carbocycles. The van der Waals surface area contributed by atoms with Crippen molar-refractivity contribution < 1.29 is 9.59 Å². The molecule has 0 bridgehead atoms. The second kappa shape index (κ2) is 7.27. The molecule has 126 valence electrons. The van der Waals surface area contributed by atoms with Gasteiger partial charge in [0.05, 0.1) is 6.20 Å². The van der Waals surface area contributed by atoms with Crippen LogP contribution in [0.15, 0.2) is 60.8 Å². The SMILES string of the molecule is CN(C)C(=O)c1cccc(NC(=O)c2cnc(-c3ccccc3)s2)c1. The first-order valence-corrected chi connectivity index (χ1v) is 8.50. The highest BCUT2D eigenvalue weighted by molar-refractivity contribution is 7.17. The molecular formula is C19H17N3O2S. The molecule has 1 heterocycles. The number of nitrogens with zero attached hydrogens (tertiary/aromatic N) is 2. The lowest BCUT2D eigenvalue weighted by molar-refractivity contribution is 0.0827. The third kappa shape index (κ3) is 3.92. The van der Waals surface area contributed by atoms with Crippen LogP contribution in [0.1, 0.15) is 20.0 Å². The van der Waals surface area contributed by atoms with Gasteiger partial charge in [0.15, 0.2) is 0 Å². The van der Waals surface area contributed by atoms with Crippen LogP contribution < -0.4 is 5.32 Å². The largest absolute Gasteiger partial charge is 0.345 e. The Balaban J connectivity index is 1.76. The van der Waals surface area contributed by atoms with Gasteiger partial charge in [-0.3, -0.25) is 9.59 Å². The Morgan fingerprint density at radius 2 is 1.80 bits per heavy atom. The second-order valence-corrected chi connectivity index (χ2v) is 6.66. The van der Waals surface area contributed by atoms with Crippen LogP contribution in [0.3, 0.4) is 0 Å².